The smallest absolute Gasteiger partial charge is 0.191 e. The number of hydrogen-bond acceptors (Lipinski definition) is 9. The van der Waals surface area contributed by atoms with Crippen LogP contribution >= 0.6 is 11.8 Å². The van der Waals surface area contributed by atoms with Gasteiger partial charge in [0.2, 0.25) is 0 Å². The fraction of sp³-hybridized carbons (Fsp3) is 0.750. The van der Waals surface area contributed by atoms with Crippen LogP contribution in [0.15, 0.2) is 5.16 Å². The summed E-state index contributed by atoms with van der Waals surface area (Å²) in [4.78, 5) is 9.21. The minimum absolute atomic E-state index is 0.178. The Hall–Kier alpha value is -1.49. The fourth-order valence-corrected chi connectivity index (χ4v) is 4.03. The normalized spacial score (nSPS) is 28.8. The van der Waals surface area contributed by atoms with Crippen molar-refractivity contribution in [2.45, 2.75) is 62.1 Å². The number of aromatic nitrogens is 5. The maximum Gasteiger partial charge on any atom is 0.191 e. The van der Waals surface area contributed by atoms with Gasteiger partial charge in [0.25, 0.3) is 0 Å². The second-order valence-corrected chi connectivity index (χ2v) is 8.12. The van der Waals surface area contributed by atoms with Crippen LogP contribution in [0.25, 0.3) is 11.2 Å². The summed E-state index contributed by atoms with van der Waals surface area (Å²) in [6.07, 6.45) is 1.67. The SMILES string of the molecule is CCCSc1nc(NC2CC2)c2nnn([C@@H]3C[C@H](CO)[C@@H](O)[C@H]3O)c2n1. The first-order chi connectivity index (χ1) is 12.6. The van der Waals surface area contributed by atoms with E-state index in [0.717, 1.165) is 25.0 Å². The third-order valence-electron chi connectivity index (χ3n) is 4.98. The van der Waals surface area contributed by atoms with E-state index in [1.165, 1.54) is 0 Å². The summed E-state index contributed by atoms with van der Waals surface area (Å²) in [6, 6.07) is -0.0558. The Morgan fingerprint density at radius 2 is 2.04 bits per heavy atom. The third kappa shape index (κ3) is 3.26. The monoisotopic (exact) mass is 380 g/mol. The molecule has 4 atom stereocenters. The van der Waals surface area contributed by atoms with Crippen LogP contribution < -0.4 is 5.32 Å². The molecule has 2 fully saturated rings. The molecule has 4 rings (SSSR count). The van der Waals surface area contributed by atoms with Crippen LogP contribution in [0.5, 0.6) is 0 Å². The molecule has 0 aromatic carbocycles. The minimum Gasteiger partial charge on any atom is -0.396 e. The summed E-state index contributed by atoms with van der Waals surface area (Å²) in [5.74, 6) is 1.20. The topological polar surface area (TPSA) is 129 Å². The van der Waals surface area contributed by atoms with Crippen LogP contribution in [-0.2, 0) is 0 Å². The maximum absolute atomic E-state index is 10.4. The Bertz CT molecular complexity index is 783. The van der Waals surface area contributed by atoms with Crippen LogP contribution in [0.4, 0.5) is 5.82 Å². The average Bonchev–Trinajstić information content (AvgIpc) is 3.29. The van der Waals surface area contributed by atoms with Crippen molar-refractivity contribution in [3.8, 4) is 0 Å². The molecule has 4 N–H and O–H groups in total. The van der Waals surface area contributed by atoms with Gasteiger partial charge in [-0.3, -0.25) is 0 Å². The van der Waals surface area contributed by atoms with Crippen LogP contribution in [-0.4, -0.2) is 70.9 Å². The van der Waals surface area contributed by atoms with E-state index in [1.54, 1.807) is 16.4 Å². The summed E-state index contributed by atoms with van der Waals surface area (Å²) in [7, 11) is 0. The van der Waals surface area contributed by atoms with E-state index in [1.807, 2.05) is 0 Å². The van der Waals surface area contributed by atoms with E-state index in [-0.39, 0.29) is 12.5 Å². The molecule has 0 aliphatic heterocycles. The van der Waals surface area contributed by atoms with Gasteiger partial charge in [-0.1, -0.05) is 23.9 Å². The first kappa shape index (κ1) is 17.9. The van der Waals surface area contributed by atoms with Crippen LogP contribution in [0.2, 0.25) is 0 Å². The number of aliphatic hydroxyl groups excluding tert-OH is 3. The molecule has 2 aliphatic rings. The van der Waals surface area contributed by atoms with Crippen LogP contribution in [0.3, 0.4) is 0 Å². The summed E-state index contributed by atoms with van der Waals surface area (Å²) in [5, 5.41) is 42.4. The predicted octanol–water partition coefficient (Wildman–Crippen LogP) is 0.573. The lowest BCUT2D eigenvalue weighted by Gasteiger charge is -2.17. The number of hydrogen-bond donors (Lipinski definition) is 4. The third-order valence-corrected chi connectivity index (χ3v) is 6.03. The van der Waals surface area contributed by atoms with Gasteiger partial charge in [-0.25, -0.2) is 14.6 Å². The van der Waals surface area contributed by atoms with Crippen molar-refractivity contribution in [2.24, 2.45) is 5.92 Å². The summed E-state index contributed by atoms with van der Waals surface area (Å²) in [5.41, 5.74) is 1.13. The molecule has 2 aromatic rings. The van der Waals surface area contributed by atoms with E-state index in [9.17, 15) is 15.3 Å². The maximum atomic E-state index is 10.4. The minimum atomic E-state index is -1.02. The van der Waals surface area contributed by atoms with Gasteiger partial charge in [0.15, 0.2) is 22.1 Å². The van der Waals surface area contributed by atoms with Crippen LogP contribution in [0, 0.1) is 5.92 Å². The summed E-state index contributed by atoms with van der Waals surface area (Å²) >= 11 is 1.57. The van der Waals surface area contributed by atoms with Crippen molar-refractivity contribution in [3.05, 3.63) is 0 Å². The van der Waals surface area contributed by atoms with Gasteiger partial charge >= 0.3 is 0 Å². The van der Waals surface area contributed by atoms with Crippen molar-refractivity contribution >= 4 is 28.7 Å². The number of aliphatic hydroxyl groups is 3. The van der Waals surface area contributed by atoms with Crippen molar-refractivity contribution in [3.63, 3.8) is 0 Å². The Kier molecular flexibility index (Phi) is 5.00. The highest BCUT2D eigenvalue weighted by Gasteiger charge is 2.43. The largest absolute Gasteiger partial charge is 0.396 e. The molecule has 2 saturated carbocycles. The highest BCUT2D eigenvalue weighted by molar-refractivity contribution is 7.99. The van der Waals surface area contributed by atoms with Crippen molar-refractivity contribution in [2.75, 3.05) is 17.7 Å². The molecule has 0 saturated heterocycles. The summed E-state index contributed by atoms with van der Waals surface area (Å²) < 4.78 is 1.58. The highest BCUT2D eigenvalue weighted by atomic mass is 32.2. The fourth-order valence-electron chi connectivity index (χ4n) is 3.34. The first-order valence-corrected chi connectivity index (χ1v) is 10.1. The lowest BCUT2D eigenvalue weighted by atomic mass is 10.1. The zero-order valence-electron chi connectivity index (χ0n) is 14.6. The molecule has 26 heavy (non-hydrogen) atoms. The van der Waals surface area contributed by atoms with E-state index in [0.29, 0.717) is 34.6 Å². The van der Waals surface area contributed by atoms with Gasteiger partial charge in [-0.15, -0.1) is 5.10 Å². The molecule has 0 unspecified atom stereocenters. The molecule has 10 heteroatoms. The second kappa shape index (κ2) is 7.26. The number of fused-ring (bicyclic) bond motifs is 1. The van der Waals surface area contributed by atoms with E-state index >= 15 is 0 Å². The molecule has 9 nitrogen and oxygen atoms in total. The van der Waals surface area contributed by atoms with Crippen molar-refractivity contribution in [1.29, 1.82) is 0 Å². The Balaban J connectivity index is 1.73. The zero-order chi connectivity index (χ0) is 18.3. The Morgan fingerprint density at radius 3 is 2.69 bits per heavy atom. The second-order valence-electron chi connectivity index (χ2n) is 7.05. The van der Waals surface area contributed by atoms with E-state index in [2.05, 4.69) is 32.5 Å². The molecular weight excluding hydrogens is 356 g/mol. The van der Waals surface area contributed by atoms with E-state index < -0.39 is 18.2 Å². The number of rotatable bonds is 7. The van der Waals surface area contributed by atoms with Crippen molar-refractivity contribution < 1.29 is 15.3 Å². The van der Waals surface area contributed by atoms with Gasteiger partial charge in [0.1, 0.15) is 6.10 Å². The zero-order valence-corrected chi connectivity index (χ0v) is 15.4. The Labute approximate surface area is 155 Å². The quantitative estimate of drug-likeness (QED) is 0.402. The lowest BCUT2D eigenvalue weighted by molar-refractivity contribution is -0.00512. The Morgan fingerprint density at radius 1 is 1.23 bits per heavy atom. The first-order valence-electron chi connectivity index (χ1n) is 9.11. The molecular formula is C16H24N6O3S. The van der Waals surface area contributed by atoms with E-state index in [4.69, 9.17) is 0 Å². The van der Waals surface area contributed by atoms with Gasteiger partial charge in [-0.2, -0.15) is 0 Å². The number of nitrogens with one attached hydrogen (secondary N) is 1. The van der Waals surface area contributed by atoms with Gasteiger partial charge in [0, 0.05) is 24.3 Å². The molecule has 2 aliphatic carbocycles. The number of thioether (sulfide) groups is 1. The average molecular weight is 380 g/mol. The number of nitrogens with zero attached hydrogens (tertiary/aromatic N) is 5. The van der Waals surface area contributed by atoms with Gasteiger partial charge < -0.3 is 20.6 Å². The lowest BCUT2D eigenvalue weighted by Crippen LogP contribution is -2.30. The standard InChI is InChI=1S/C16H24N6O3S/c1-2-5-26-16-18-14(17-9-3-4-9)11-15(19-16)22(21-20-11)10-6-8(7-23)12(24)13(10)25/h8-10,12-13,23-25H,2-7H2,1H3,(H,17,18,19)/t8-,10-,12-,13+/m1/s1. The molecule has 142 valence electrons. The molecule has 0 spiro atoms. The van der Waals surface area contributed by atoms with Gasteiger partial charge in [-0.05, 0) is 25.7 Å². The summed E-state index contributed by atoms with van der Waals surface area (Å²) in [6.45, 7) is 1.93. The van der Waals surface area contributed by atoms with Gasteiger partial charge in [0.05, 0.1) is 12.1 Å². The molecule has 0 radical (unpaired) electrons. The molecule has 0 amide bonds. The number of anilines is 1. The molecule has 2 aromatic heterocycles. The predicted molar refractivity (Wildman–Crippen MR) is 97.0 cm³/mol. The molecule has 0 bridgehead atoms. The molecule has 2 heterocycles. The van der Waals surface area contributed by atoms with Crippen LogP contribution in [0.1, 0.15) is 38.6 Å². The van der Waals surface area contributed by atoms with Crippen molar-refractivity contribution in [1.82, 2.24) is 25.0 Å². The highest BCUT2D eigenvalue weighted by Crippen LogP contribution is 2.37.